The quantitative estimate of drug-likeness (QED) is 0.853. The van der Waals surface area contributed by atoms with Crippen LogP contribution < -0.4 is 10.2 Å². The van der Waals surface area contributed by atoms with Crippen molar-refractivity contribution in [3.8, 4) is 0 Å². The van der Waals surface area contributed by atoms with E-state index in [1.165, 1.54) is 6.33 Å². The van der Waals surface area contributed by atoms with Crippen LogP contribution in [0.4, 0.5) is 11.5 Å². The summed E-state index contributed by atoms with van der Waals surface area (Å²) < 4.78 is 5.83. The smallest absolute Gasteiger partial charge is 0.157 e. The van der Waals surface area contributed by atoms with Gasteiger partial charge in [0.2, 0.25) is 0 Å². The van der Waals surface area contributed by atoms with Crippen LogP contribution in [0.5, 0.6) is 0 Å². The molecule has 1 fully saturated rings. The lowest BCUT2D eigenvalue weighted by Gasteiger charge is -2.41. The molecule has 1 aromatic heterocycles. The van der Waals surface area contributed by atoms with Gasteiger partial charge in [-0.05, 0) is 13.3 Å². The number of morpholine rings is 1. The highest BCUT2D eigenvalue weighted by atomic mass is 35.5. The van der Waals surface area contributed by atoms with Crippen molar-refractivity contribution in [1.29, 1.82) is 0 Å². The third-order valence-electron chi connectivity index (χ3n) is 3.42. The summed E-state index contributed by atoms with van der Waals surface area (Å²) in [6.45, 7) is 6.59. The van der Waals surface area contributed by atoms with Crippen molar-refractivity contribution in [1.82, 2.24) is 9.97 Å². The lowest BCUT2D eigenvalue weighted by atomic mass is 10.0. The normalized spacial score (nSPS) is 24.1. The number of anilines is 2. The second-order valence-electron chi connectivity index (χ2n) is 4.69. The van der Waals surface area contributed by atoms with Gasteiger partial charge in [0.15, 0.2) is 11.0 Å². The molecule has 1 unspecified atom stereocenters. The molecule has 5 nitrogen and oxygen atoms in total. The van der Waals surface area contributed by atoms with Crippen LogP contribution in [0.1, 0.15) is 20.3 Å². The molecule has 2 heterocycles. The number of rotatable bonds is 3. The van der Waals surface area contributed by atoms with Crippen molar-refractivity contribution in [2.75, 3.05) is 37.0 Å². The van der Waals surface area contributed by atoms with Gasteiger partial charge in [0, 0.05) is 20.1 Å². The maximum absolute atomic E-state index is 6.08. The molecule has 0 radical (unpaired) electrons. The third kappa shape index (κ3) is 2.52. The van der Waals surface area contributed by atoms with Gasteiger partial charge in [0.1, 0.15) is 12.0 Å². The summed E-state index contributed by atoms with van der Waals surface area (Å²) in [6.07, 6.45) is 2.47. The van der Waals surface area contributed by atoms with E-state index in [0.717, 1.165) is 31.0 Å². The van der Waals surface area contributed by atoms with Crippen molar-refractivity contribution in [2.45, 2.75) is 25.9 Å². The number of ether oxygens (including phenoxy) is 1. The Bertz CT molecular complexity index is 429. The monoisotopic (exact) mass is 270 g/mol. The van der Waals surface area contributed by atoms with Crippen LogP contribution in [0, 0.1) is 0 Å². The van der Waals surface area contributed by atoms with Crippen LogP contribution in [0.3, 0.4) is 0 Å². The second kappa shape index (κ2) is 5.28. The van der Waals surface area contributed by atoms with E-state index in [9.17, 15) is 0 Å². The number of aromatic nitrogens is 2. The van der Waals surface area contributed by atoms with Crippen LogP contribution in [-0.2, 0) is 4.74 Å². The predicted molar refractivity (Wildman–Crippen MR) is 73.4 cm³/mol. The minimum absolute atomic E-state index is 0.124. The highest BCUT2D eigenvalue weighted by molar-refractivity contribution is 6.32. The zero-order chi connectivity index (χ0) is 13.2. The Hall–Kier alpha value is -1.07. The highest BCUT2D eigenvalue weighted by Crippen LogP contribution is 2.32. The Morgan fingerprint density at radius 3 is 3.00 bits per heavy atom. The zero-order valence-electron chi connectivity index (χ0n) is 11.0. The predicted octanol–water partition coefficient (Wildman–Crippen LogP) is 2.18. The molecule has 0 saturated carbocycles. The third-order valence-corrected chi connectivity index (χ3v) is 3.70. The first-order valence-electron chi connectivity index (χ1n) is 6.17. The average molecular weight is 271 g/mol. The minimum atomic E-state index is -0.124. The van der Waals surface area contributed by atoms with E-state index >= 15 is 0 Å². The molecule has 2 rings (SSSR count). The van der Waals surface area contributed by atoms with Gasteiger partial charge in [-0.15, -0.1) is 0 Å². The van der Waals surface area contributed by atoms with E-state index < -0.39 is 0 Å². The molecule has 0 aliphatic carbocycles. The first-order valence-corrected chi connectivity index (χ1v) is 6.54. The molecule has 0 bridgehead atoms. The minimum Gasteiger partial charge on any atom is -0.383 e. The van der Waals surface area contributed by atoms with Crippen molar-refractivity contribution < 1.29 is 4.74 Å². The van der Waals surface area contributed by atoms with Crippen molar-refractivity contribution in [3.63, 3.8) is 0 Å². The molecule has 1 aromatic rings. The Morgan fingerprint density at radius 2 is 2.33 bits per heavy atom. The van der Waals surface area contributed by atoms with Crippen LogP contribution in [0.25, 0.3) is 0 Å². The Morgan fingerprint density at radius 1 is 1.56 bits per heavy atom. The number of nitrogens with zero attached hydrogens (tertiary/aromatic N) is 3. The summed E-state index contributed by atoms with van der Waals surface area (Å²) in [5.74, 6) is 0.848. The first kappa shape index (κ1) is 13.4. The molecular formula is C12H19ClN4O. The fraction of sp³-hybridized carbons (Fsp3) is 0.667. The number of hydrogen-bond acceptors (Lipinski definition) is 5. The van der Waals surface area contributed by atoms with Gasteiger partial charge < -0.3 is 15.0 Å². The fourth-order valence-electron chi connectivity index (χ4n) is 2.14. The average Bonchev–Trinajstić information content (AvgIpc) is 2.38. The Labute approximate surface area is 113 Å². The van der Waals surface area contributed by atoms with E-state index in [2.05, 4.69) is 34.0 Å². The molecular weight excluding hydrogens is 252 g/mol. The van der Waals surface area contributed by atoms with E-state index in [0.29, 0.717) is 11.8 Å². The van der Waals surface area contributed by atoms with Crippen LogP contribution in [0.2, 0.25) is 5.15 Å². The molecule has 1 atom stereocenters. The highest BCUT2D eigenvalue weighted by Gasteiger charge is 2.32. The summed E-state index contributed by atoms with van der Waals surface area (Å²) in [6, 6.07) is 0. The maximum Gasteiger partial charge on any atom is 0.157 e. The largest absolute Gasteiger partial charge is 0.383 e. The van der Waals surface area contributed by atoms with Gasteiger partial charge in [-0.25, -0.2) is 9.97 Å². The van der Waals surface area contributed by atoms with E-state index in [1.807, 2.05) is 7.05 Å². The van der Waals surface area contributed by atoms with Gasteiger partial charge in [-0.3, -0.25) is 0 Å². The molecule has 1 aliphatic rings. The molecule has 0 aromatic carbocycles. The van der Waals surface area contributed by atoms with Crippen LogP contribution in [-0.4, -0.2) is 42.3 Å². The Balaban J connectivity index is 2.29. The molecule has 0 amide bonds. The van der Waals surface area contributed by atoms with E-state index in [1.54, 1.807) is 0 Å². The summed E-state index contributed by atoms with van der Waals surface area (Å²) in [5.41, 5.74) is 0.653. The number of nitrogens with one attached hydrogen (secondary N) is 1. The second-order valence-corrected chi connectivity index (χ2v) is 5.04. The summed E-state index contributed by atoms with van der Waals surface area (Å²) in [4.78, 5) is 10.5. The molecule has 1 aliphatic heterocycles. The lowest BCUT2D eigenvalue weighted by Crippen LogP contribution is -2.50. The summed E-state index contributed by atoms with van der Waals surface area (Å²) in [5, 5.41) is 3.52. The summed E-state index contributed by atoms with van der Waals surface area (Å²) in [7, 11) is 1.83. The van der Waals surface area contributed by atoms with Gasteiger partial charge in [0.25, 0.3) is 0 Å². The zero-order valence-corrected chi connectivity index (χ0v) is 11.8. The molecule has 18 heavy (non-hydrogen) atoms. The van der Waals surface area contributed by atoms with Gasteiger partial charge >= 0.3 is 0 Å². The molecule has 100 valence electrons. The first-order chi connectivity index (χ1) is 8.59. The Kier molecular flexibility index (Phi) is 3.92. The molecule has 1 saturated heterocycles. The molecule has 6 heteroatoms. The lowest BCUT2D eigenvalue weighted by molar-refractivity contribution is -0.0442. The van der Waals surface area contributed by atoms with E-state index in [4.69, 9.17) is 16.3 Å². The van der Waals surface area contributed by atoms with Gasteiger partial charge in [-0.1, -0.05) is 18.5 Å². The molecule has 1 N–H and O–H groups in total. The number of hydrogen-bond donors (Lipinski definition) is 1. The van der Waals surface area contributed by atoms with E-state index in [-0.39, 0.29) is 5.60 Å². The summed E-state index contributed by atoms with van der Waals surface area (Å²) >= 11 is 6.08. The topological polar surface area (TPSA) is 50.3 Å². The van der Waals surface area contributed by atoms with Crippen molar-refractivity contribution in [2.24, 2.45) is 0 Å². The van der Waals surface area contributed by atoms with Crippen LogP contribution in [0.15, 0.2) is 6.33 Å². The molecule has 0 spiro atoms. The van der Waals surface area contributed by atoms with Crippen LogP contribution >= 0.6 is 11.6 Å². The van der Waals surface area contributed by atoms with Gasteiger partial charge in [-0.2, -0.15) is 0 Å². The standard InChI is InChI=1S/C12H19ClN4O/c1-4-12(2)7-17(5-6-18-12)11-9(14-3)10(13)15-8-16-11/h8,14H,4-7H2,1-3H3. The van der Waals surface area contributed by atoms with Gasteiger partial charge in [0.05, 0.1) is 12.2 Å². The van der Waals surface area contributed by atoms with Crippen molar-refractivity contribution in [3.05, 3.63) is 11.5 Å². The SMILES string of the molecule is CCC1(C)CN(c2ncnc(Cl)c2NC)CCO1. The fourth-order valence-corrected chi connectivity index (χ4v) is 2.36. The number of halogens is 1. The maximum atomic E-state index is 6.08. The van der Waals surface area contributed by atoms with Crippen molar-refractivity contribution >= 4 is 23.1 Å².